The van der Waals surface area contributed by atoms with Crippen molar-refractivity contribution >= 4 is 28.3 Å². The molecular weight excluding hydrogens is 454 g/mol. The van der Waals surface area contributed by atoms with Crippen molar-refractivity contribution in [2.75, 3.05) is 32.4 Å². The molecule has 4 aromatic rings. The van der Waals surface area contributed by atoms with Gasteiger partial charge in [-0.2, -0.15) is 13.2 Å². The molecule has 1 unspecified atom stereocenters. The van der Waals surface area contributed by atoms with Crippen molar-refractivity contribution < 1.29 is 22.4 Å². The number of piperazine rings is 1. The summed E-state index contributed by atoms with van der Waals surface area (Å²) in [6, 6.07) is 4.07. The van der Waals surface area contributed by atoms with Gasteiger partial charge >= 0.3 is 6.18 Å². The SMILES string of the molecule is CN1CCN(C(=O)c2cc3c(cc2F)nc(N)c2cncn23)C(c2ccc(C(F)(F)F)cn2)C1. The first-order chi connectivity index (χ1) is 16.1. The number of carbonyl (C=O) groups excluding carboxylic acids is 1. The molecule has 1 atom stereocenters. The molecule has 2 N–H and O–H groups in total. The van der Waals surface area contributed by atoms with Crippen LogP contribution in [-0.2, 0) is 6.18 Å². The van der Waals surface area contributed by atoms with Crippen LogP contribution in [0.5, 0.6) is 0 Å². The topological polar surface area (TPSA) is 92.6 Å². The molecule has 1 fully saturated rings. The number of rotatable bonds is 2. The van der Waals surface area contributed by atoms with Crippen LogP contribution in [0.3, 0.4) is 0 Å². The third-order valence-corrected chi connectivity index (χ3v) is 6.00. The van der Waals surface area contributed by atoms with E-state index in [0.717, 1.165) is 18.3 Å². The number of nitrogens with two attached hydrogens (primary N) is 1. The van der Waals surface area contributed by atoms with E-state index in [0.29, 0.717) is 29.8 Å². The molecule has 1 saturated heterocycles. The molecule has 0 spiro atoms. The molecule has 4 heterocycles. The Bertz CT molecular complexity index is 1400. The first-order valence-electron chi connectivity index (χ1n) is 10.4. The van der Waals surface area contributed by atoms with Crippen LogP contribution in [-0.4, -0.2) is 61.7 Å². The number of halogens is 4. The zero-order valence-electron chi connectivity index (χ0n) is 17.9. The first kappa shape index (κ1) is 22.0. The molecule has 5 rings (SSSR count). The number of imidazole rings is 1. The molecule has 3 aromatic heterocycles. The molecule has 12 heteroatoms. The lowest BCUT2D eigenvalue weighted by Gasteiger charge is -2.39. The van der Waals surface area contributed by atoms with Gasteiger partial charge in [0, 0.05) is 31.9 Å². The van der Waals surface area contributed by atoms with Gasteiger partial charge in [0.15, 0.2) is 0 Å². The van der Waals surface area contributed by atoms with Gasteiger partial charge in [-0.05, 0) is 25.2 Å². The number of fused-ring (bicyclic) bond motifs is 3. The highest BCUT2D eigenvalue weighted by molar-refractivity contribution is 5.98. The van der Waals surface area contributed by atoms with Crippen molar-refractivity contribution in [2.24, 2.45) is 0 Å². The summed E-state index contributed by atoms with van der Waals surface area (Å²) in [5, 5.41) is 0. The van der Waals surface area contributed by atoms with E-state index in [1.54, 1.807) is 4.40 Å². The molecule has 1 aliphatic rings. The average molecular weight is 473 g/mol. The number of pyridine rings is 1. The Morgan fingerprint density at radius 1 is 1.15 bits per heavy atom. The van der Waals surface area contributed by atoms with E-state index in [1.807, 2.05) is 11.9 Å². The number of benzene rings is 1. The lowest BCUT2D eigenvalue weighted by molar-refractivity contribution is -0.137. The van der Waals surface area contributed by atoms with Crippen LogP contribution in [0.25, 0.3) is 16.6 Å². The van der Waals surface area contributed by atoms with Crippen LogP contribution >= 0.6 is 0 Å². The number of amides is 1. The van der Waals surface area contributed by atoms with Gasteiger partial charge in [0.2, 0.25) is 0 Å². The van der Waals surface area contributed by atoms with E-state index >= 15 is 4.39 Å². The van der Waals surface area contributed by atoms with Crippen molar-refractivity contribution in [3.05, 3.63) is 65.6 Å². The summed E-state index contributed by atoms with van der Waals surface area (Å²) in [4.78, 5) is 29.1. The van der Waals surface area contributed by atoms with Crippen LogP contribution in [0.2, 0.25) is 0 Å². The predicted octanol–water partition coefficient (Wildman–Crippen LogP) is 3.15. The third-order valence-electron chi connectivity index (χ3n) is 6.00. The second-order valence-corrected chi connectivity index (χ2v) is 8.21. The smallest absolute Gasteiger partial charge is 0.382 e. The van der Waals surface area contributed by atoms with Crippen molar-refractivity contribution in [2.45, 2.75) is 12.2 Å². The van der Waals surface area contributed by atoms with Gasteiger partial charge in [-0.25, -0.2) is 14.4 Å². The molecule has 8 nitrogen and oxygen atoms in total. The average Bonchev–Trinajstić information content (AvgIpc) is 3.29. The highest BCUT2D eigenvalue weighted by atomic mass is 19.4. The Morgan fingerprint density at radius 2 is 1.94 bits per heavy atom. The maximum Gasteiger partial charge on any atom is 0.417 e. The lowest BCUT2D eigenvalue weighted by Crippen LogP contribution is -2.49. The summed E-state index contributed by atoms with van der Waals surface area (Å²) >= 11 is 0. The zero-order valence-corrected chi connectivity index (χ0v) is 17.9. The van der Waals surface area contributed by atoms with Gasteiger partial charge in [0.25, 0.3) is 5.91 Å². The summed E-state index contributed by atoms with van der Waals surface area (Å²) < 4.78 is 55.6. The molecular formula is C22H19F4N7O. The highest BCUT2D eigenvalue weighted by Crippen LogP contribution is 2.32. The minimum absolute atomic E-state index is 0.177. The molecule has 0 saturated carbocycles. The number of alkyl halides is 3. The summed E-state index contributed by atoms with van der Waals surface area (Å²) in [6.45, 7) is 1.10. The van der Waals surface area contributed by atoms with Crippen LogP contribution in [0.1, 0.15) is 27.7 Å². The Hall–Kier alpha value is -3.80. The summed E-state index contributed by atoms with van der Waals surface area (Å²) in [5.74, 6) is -1.19. The minimum atomic E-state index is -4.52. The van der Waals surface area contributed by atoms with Gasteiger partial charge in [-0.3, -0.25) is 14.2 Å². The molecule has 176 valence electrons. The van der Waals surface area contributed by atoms with Crippen molar-refractivity contribution in [3.8, 4) is 0 Å². The second kappa shape index (κ2) is 7.90. The number of likely N-dealkylation sites (N-methyl/N-ethyl adjacent to an activating group) is 1. The molecule has 1 aromatic carbocycles. The number of nitrogen functional groups attached to an aromatic ring is 1. The molecule has 34 heavy (non-hydrogen) atoms. The fraction of sp³-hybridized carbons (Fsp3) is 0.273. The number of hydrogen-bond acceptors (Lipinski definition) is 6. The Morgan fingerprint density at radius 3 is 2.65 bits per heavy atom. The van der Waals surface area contributed by atoms with Crippen molar-refractivity contribution in [1.29, 1.82) is 0 Å². The maximum atomic E-state index is 15.1. The van der Waals surface area contributed by atoms with Gasteiger partial charge in [0.1, 0.15) is 17.2 Å². The maximum absolute atomic E-state index is 15.1. The fourth-order valence-corrected chi connectivity index (χ4v) is 4.20. The lowest BCUT2D eigenvalue weighted by atomic mass is 10.0. The van der Waals surface area contributed by atoms with E-state index in [9.17, 15) is 18.0 Å². The second-order valence-electron chi connectivity index (χ2n) is 8.21. The van der Waals surface area contributed by atoms with Gasteiger partial charge < -0.3 is 15.5 Å². The van der Waals surface area contributed by atoms with Gasteiger partial charge in [-0.15, -0.1) is 0 Å². The normalized spacial score (nSPS) is 17.6. The van der Waals surface area contributed by atoms with E-state index < -0.39 is 29.5 Å². The first-order valence-corrected chi connectivity index (χ1v) is 10.4. The largest absolute Gasteiger partial charge is 0.417 e. The Kier molecular flexibility index (Phi) is 5.12. The number of hydrogen-bond donors (Lipinski definition) is 1. The Labute approximate surface area is 190 Å². The number of anilines is 1. The van der Waals surface area contributed by atoms with Crippen LogP contribution in [0.15, 0.2) is 43.0 Å². The van der Waals surface area contributed by atoms with E-state index in [4.69, 9.17) is 5.73 Å². The molecule has 0 bridgehead atoms. The summed E-state index contributed by atoms with van der Waals surface area (Å²) in [5.41, 5.74) is 6.37. The third kappa shape index (κ3) is 3.69. The minimum Gasteiger partial charge on any atom is -0.382 e. The van der Waals surface area contributed by atoms with E-state index in [-0.39, 0.29) is 23.4 Å². The standard InChI is InChI=1S/C22H19F4N7O/c1-31-4-5-32(19(10-31)15-3-2-12(8-29-15)22(24,25)26)21(34)13-6-17-16(7-14(13)23)30-20(27)18-9-28-11-33(17)18/h2-3,6-9,11,19H,4-5,10H2,1H3,(H2,27,30). The molecule has 0 aliphatic carbocycles. The highest BCUT2D eigenvalue weighted by Gasteiger charge is 2.35. The molecule has 0 radical (unpaired) electrons. The number of carbonyl (C=O) groups is 1. The van der Waals surface area contributed by atoms with Crippen LogP contribution in [0.4, 0.5) is 23.4 Å². The monoisotopic (exact) mass is 473 g/mol. The van der Waals surface area contributed by atoms with E-state index in [1.165, 1.54) is 29.6 Å². The molecule has 1 aliphatic heterocycles. The predicted molar refractivity (Wildman–Crippen MR) is 115 cm³/mol. The van der Waals surface area contributed by atoms with Gasteiger partial charge in [-0.1, -0.05) is 0 Å². The quantitative estimate of drug-likeness (QED) is 0.450. The van der Waals surface area contributed by atoms with Gasteiger partial charge in [0.05, 0.1) is 46.4 Å². The van der Waals surface area contributed by atoms with Crippen molar-refractivity contribution in [3.63, 3.8) is 0 Å². The summed E-state index contributed by atoms with van der Waals surface area (Å²) in [6.07, 6.45) is -0.768. The zero-order chi connectivity index (χ0) is 24.2. The fourth-order valence-electron chi connectivity index (χ4n) is 4.20. The Balaban J connectivity index is 1.55. The van der Waals surface area contributed by atoms with Crippen LogP contribution in [0, 0.1) is 5.82 Å². The van der Waals surface area contributed by atoms with Crippen molar-refractivity contribution in [1.82, 2.24) is 29.2 Å². The van der Waals surface area contributed by atoms with E-state index in [2.05, 4.69) is 15.0 Å². The summed E-state index contributed by atoms with van der Waals surface area (Å²) in [7, 11) is 1.83. The number of aromatic nitrogens is 4. The molecule has 1 amide bonds. The number of nitrogens with zero attached hydrogens (tertiary/aromatic N) is 6. The van der Waals surface area contributed by atoms with Crippen LogP contribution < -0.4 is 5.73 Å².